The van der Waals surface area contributed by atoms with Crippen molar-refractivity contribution < 1.29 is 18.7 Å². The molecule has 0 aliphatic heterocycles. The van der Waals surface area contributed by atoms with Crippen LogP contribution >= 0.6 is 15.9 Å². The third-order valence-corrected chi connectivity index (χ3v) is 3.92. The Morgan fingerprint density at radius 3 is 2.64 bits per heavy atom. The second kappa shape index (κ2) is 7.06. The van der Waals surface area contributed by atoms with Crippen molar-refractivity contribution in [3.63, 3.8) is 0 Å². The molecule has 0 aliphatic rings. The molecule has 2 aromatic carbocycles. The van der Waals surface area contributed by atoms with Gasteiger partial charge in [-0.15, -0.1) is 0 Å². The van der Waals surface area contributed by atoms with E-state index in [1.165, 1.54) is 20.1 Å². The second-order valence-electron chi connectivity index (χ2n) is 5.24. The van der Waals surface area contributed by atoms with Crippen LogP contribution in [-0.4, -0.2) is 18.1 Å². The number of benzene rings is 2. The summed E-state index contributed by atoms with van der Waals surface area (Å²) in [7, 11) is 1.49. The minimum absolute atomic E-state index is 0.280. The van der Waals surface area contributed by atoms with E-state index in [0.29, 0.717) is 27.2 Å². The Morgan fingerprint density at radius 1 is 1.16 bits per heavy atom. The molecule has 0 saturated carbocycles. The lowest BCUT2D eigenvalue weighted by atomic mass is 10.2. The van der Waals surface area contributed by atoms with Crippen molar-refractivity contribution in [1.82, 2.24) is 4.98 Å². The summed E-state index contributed by atoms with van der Waals surface area (Å²) in [6.07, 6.45) is 0. The Hall–Kier alpha value is -2.67. The molecule has 0 fully saturated rings. The highest BCUT2D eigenvalue weighted by Crippen LogP contribution is 2.33. The van der Waals surface area contributed by atoms with Gasteiger partial charge in [0.25, 0.3) is 0 Å². The highest BCUT2D eigenvalue weighted by atomic mass is 79.9. The lowest BCUT2D eigenvalue weighted by molar-refractivity contribution is -0.131. The smallest absolute Gasteiger partial charge is 0.308 e. The molecular weight excluding hydrogens is 391 g/mol. The number of methoxy groups -OCH3 is 1. The molecule has 0 radical (unpaired) electrons. The normalized spacial score (nSPS) is 10.6. The van der Waals surface area contributed by atoms with Gasteiger partial charge in [0, 0.05) is 22.8 Å². The molecule has 0 spiro atoms. The zero-order valence-electron chi connectivity index (χ0n) is 13.5. The highest BCUT2D eigenvalue weighted by molar-refractivity contribution is 9.10. The number of nitrogens with one attached hydrogen (secondary N) is 1. The number of pyridine rings is 1. The Kier molecular flexibility index (Phi) is 4.85. The highest BCUT2D eigenvalue weighted by Gasteiger charge is 2.11. The fourth-order valence-corrected chi connectivity index (χ4v) is 2.66. The first-order valence-corrected chi connectivity index (χ1v) is 8.15. The summed E-state index contributed by atoms with van der Waals surface area (Å²) in [5.74, 6) is 0.328. The molecular formula is C18H14BrFN2O3. The summed E-state index contributed by atoms with van der Waals surface area (Å²) in [6.45, 7) is 1.31. The fourth-order valence-electron chi connectivity index (χ4n) is 2.32. The topological polar surface area (TPSA) is 60.4 Å². The predicted molar refractivity (Wildman–Crippen MR) is 97.0 cm³/mol. The third-order valence-electron chi connectivity index (χ3n) is 3.42. The molecule has 1 N–H and O–H groups in total. The first kappa shape index (κ1) is 17.2. The molecule has 0 aliphatic carbocycles. The molecule has 0 atom stereocenters. The SMILES string of the molecule is COc1cc2ccc(Nc3ccc(Br)cc3F)nc2cc1OC(C)=O. The van der Waals surface area contributed by atoms with Crippen LogP contribution in [0.1, 0.15) is 6.92 Å². The molecule has 3 aromatic rings. The molecule has 128 valence electrons. The second-order valence-corrected chi connectivity index (χ2v) is 6.15. The van der Waals surface area contributed by atoms with Gasteiger partial charge >= 0.3 is 5.97 Å². The Labute approximate surface area is 151 Å². The van der Waals surface area contributed by atoms with Crippen molar-refractivity contribution in [1.29, 1.82) is 0 Å². The van der Waals surface area contributed by atoms with Crippen molar-refractivity contribution in [2.75, 3.05) is 12.4 Å². The van der Waals surface area contributed by atoms with Crippen LogP contribution in [0.2, 0.25) is 0 Å². The summed E-state index contributed by atoms with van der Waals surface area (Å²) in [5, 5.41) is 3.73. The number of hydrogen-bond donors (Lipinski definition) is 1. The number of halogens is 2. The van der Waals surface area contributed by atoms with Crippen LogP contribution in [0, 0.1) is 5.82 Å². The summed E-state index contributed by atoms with van der Waals surface area (Å²) in [6, 6.07) is 11.6. The number of hydrogen-bond acceptors (Lipinski definition) is 5. The van der Waals surface area contributed by atoms with Gasteiger partial charge in [-0.2, -0.15) is 0 Å². The number of esters is 1. The van der Waals surface area contributed by atoms with Crippen molar-refractivity contribution in [2.45, 2.75) is 6.92 Å². The fraction of sp³-hybridized carbons (Fsp3) is 0.111. The van der Waals surface area contributed by atoms with Crippen molar-refractivity contribution in [3.05, 3.63) is 52.8 Å². The zero-order valence-corrected chi connectivity index (χ0v) is 15.1. The lowest BCUT2D eigenvalue weighted by Crippen LogP contribution is -2.03. The number of aromatic nitrogens is 1. The van der Waals surface area contributed by atoms with Crippen LogP contribution in [0.5, 0.6) is 11.5 Å². The van der Waals surface area contributed by atoms with Crippen LogP contribution in [0.15, 0.2) is 46.9 Å². The van der Waals surface area contributed by atoms with Crippen LogP contribution < -0.4 is 14.8 Å². The lowest BCUT2D eigenvalue weighted by Gasteiger charge is -2.11. The maximum Gasteiger partial charge on any atom is 0.308 e. The summed E-state index contributed by atoms with van der Waals surface area (Å²) in [5.41, 5.74) is 0.892. The van der Waals surface area contributed by atoms with Gasteiger partial charge in [0.15, 0.2) is 11.5 Å². The van der Waals surface area contributed by atoms with Gasteiger partial charge < -0.3 is 14.8 Å². The van der Waals surface area contributed by atoms with Gasteiger partial charge in [-0.05, 0) is 36.4 Å². The Bertz CT molecular complexity index is 962. The van der Waals surface area contributed by atoms with Crippen LogP contribution in [0.4, 0.5) is 15.9 Å². The first-order chi connectivity index (χ1) is 12.0. The van der Waals surface area contributed by atoms with Gasteiger partial charge in [-0.3, -0.25) is 4.79 Å². The monoisotopic (exact) mass is 404 g/mol. The molecule has 1 heterocycles. The minimum atomic E-state index is -0.455. The molecule has 0 amide bonds. The standard InChI is InChI=1S/C18H14BrFN2O3/c1-10(23)25-17-9-15-11(7-16(17)24-2)3-6-18(22-15)21-14-5-4-12(19)8-13(14)20/h3-9H,1-2H3,(H,21,22). The Balaban J connectivity index is 1.99. The van der Waals surface area contributed by atoms with E-state index in [4.69, 9.17) is 9.47 Å². The molecule has 7 heteroatoms. The van der Waals surface area contributed by atoms with E-state index in [2.05, 4.69) is 26.2 Å². The molecule has 3 rings (SSSR count). The van der Waals surface area contributed by atoms with Crippen LogP contribution in [-0.2, 0) is 4.79 Å². The quantitative estimate of drug-likeness (QED) is 0.499. The summed E-state index contributed by atoms with van der Waals surface area (Å²) < 4.78 is 25.0. The number of nitrogens with zero attached hydrogens (tertiary/aromatic N) is 1. The summed E-state index contributed by atoms with van der Waals surface area (Å²) in [4.78, 5) is 15.7. The minimum Gasteiger partial charge on any atom is -0.493 e. The van der Waals surface area contributed by atoms with E-state index in [0.717, 1.165) is 5.39 Å². The van der Waals surface area contributed by atoms with Crippen LogP contribution in [0.25, 0.3) is 10.9 Å². The Morgan fingerprint density at radius 2 is 1.96 bits per heavy atom. The van der Waals surface area contributed by atoms with Crippen molar-refractivity contribution in [2.24, 2.45) is 0 Å². The average molecular weight is 405 g/mol. The molecule has 1 aromatic heterocycles. The van der Waals surface area contributed by atoms with Gasteiger partial charge in [0.1, 0.15) is 11.6 Å². The summed E-state index contributed by atoms with van der Waals surface area (Å²) >= 11 is 3.22. The third kappa shape index (κ3) is 3.88. The number of anilines is 2. The van der Waals surface area contributed by atoms with E-state index in [-0.39, 0.29) is 5.75 Å². The van der Waals surface area contributed by atoms with Gasteiger partial charge in [-0.1, -0.05) is 15.9 Å². The van der Waals surface area contributed by atoms with E-state index in [1.54, 1.807) is 30.3 Å². The van der Waals surface area contributed by atoms with E-state index in [9.17, 15) is 9.18 Å². The molecule has 0 bridgehead atoms. The van der Waals surface area contributed by atoms with Gasteiger partial charge in [0.05, 0.1) is 18.3 Å². The van der Waals surface area contributed by atoms with E-state index < -0.39 is 11.8 Å². The maximum atomic E-state index is 14.0. The molecule has 0 unspecified atom stereocenters. The number of fused-ring (bicyclic) bond motifs is 1. The maximum absolute atomic E-state index is 14.0. The van der Waals surface area contributed by atoms with Crippen molar-refractivity contribution in [3.8, 4) is 11.5 Å². The number of rotatable bonds is 4. The van der Waals surface area contributed by atoms with Crippen molar-refractivity contribution >= 4 is 44.3 Å². The molecule has 5 nitrogen and oxygen atoms in total. The van der Waals surface area contributed by atoms with Crippen LogP contribution in [0.3, 0.4) is 0 Å². The predicted octanol–water partition coefficient (Wildman–Crippen LogP) is 4.81. The number of carbonyl (C=O) groups is 1. The number of ether oxygens (including phenoxy) is 2. The number of carbonyl (C=O) groups excluding carboxylic acids is 1. The average Bonchev–Trinajstić information content (AvgIpc) is 2.56. The first-order valence-electron chi connectivity index (χ1n) is 7.35. The van der Waals surface area contributed by atoms with E-state index >= 15 is 0 Å². The van der Waals surface area contributed by atoms with E-state index in [1.807, 2.05) is 6.07 Å². The molecule has 25 heavy (non-hydrogen) atoms. The molecule has 0 saturated heterocycles. The van der Waals surface area contributed by atoms with Gasteiger partial charge in [-0.25, -0.2) is 9.37 Å². The zero-order chi connectivity index (χ0) is 18.0. The van der Waals surface area contributed by atoms with Gasteiger partial charge in [0.2, 0.25) is 0 Å². The largest absolute Gasteiger partial charge is 0.493 e.